The van der Waals surface area contributed by atoms with E-state index >= 15 is 0 Å². The smallest absolute Gasteiger partial charge is 0.231 e. The first-order chi connectivity index (χ1) is 12.7. The van der Waals surface area contributed by atoms with Gasteiger partial charge < -0.3 is 29.6 Å². The van der Waals surface area contributed by atoms with E-state index in [4.69, 9.17) is 31.2 Å². The first-order valence-electron chi connectivity index (χ1n) is 8.35. The average molecular weight is 374 g/mol. The lowest BCUT2D eigenvalue weighted by atomic mass is 10.1. The van der Waals surface area contributed by atoms with Crippen molar-refractivity contribution >= 4 is 23.0 Å². The number of methoxy groups -OCH3 is 2. The van der Waals surface area contributed by atoms with Gasteiger partial charge in [0.2, 0.25) is 6.79 Å². The molecule has 138 valence electrons. The fourth-order valence-corrected chi connectivity index (χ4v) is 2.90. The highest BCUT2D eigenvalue weighted by molar-refractivity contribution is 7.80. The van der Waals surface area contributed by atoms with Crippen molar-refractivity contribution in [1.82, 2.24) is 5.32 Å². The fraction of sp³-hybridized carbons (Fsp3) is 0.316. The van der Waals surface area contributed by atoms with Gasteiger partial charge in [0.25, 0.3) is 0 Å². The number of thiocarbonyl (C=S) groups is 1. The molecule has 0 unspecified atom stereocenters. The first-order valence-corrected chi connectivity index (χ1v) is 8.76. The van der Waals surface area contributed by atoms with E-state index in [2.05, 4.69) is 10.6 Å². The summed E-state index contributed by atoms with van der Waals surface area (Å²) in [6, 6.07) is 11.6. The van der Waals surface area contributed by atoms with E-state index in [0.717, 1.165) is 48.1 Å². The van der Waals surface area contributed by atoms with Gasteiger partial charge in [0.05, 0.1) is 14.2 Å². The summed E-state index contributed by atoms with van der Waals surface area (Å²) >= 11 is 5.34. The second kappa shape index (κ2) is 8.62. The van der Waals surface area contributed by atoms with E-state index in [9.17, 15) is 0 Å². The van der Waals surface area contributed by atoms with Crippen LogP contribution in [0.1, 0.15) is 12.0 Å². The first kappa shape index (κ1) is 18.1. The number of hydrogen-bond donors (Lipinski definition) is 2. The standard InChI is InChI=1S/C19H22N2O4S/c1-22-15-7-5-13(10-17(15)23-2)4-3-9-20-19(26)21-14-6-8-16-18(11-14)25-12-24-16/h5-8,10-11H,3-4,9,12H2,1-2H3,(H2,20,21,26). The average Bonchev–Trinajstić information content (AvgIpc) is 3.12. The van der Waals surface area contributed by atoms with Crippen LogP contribution < -0.4 is 29.6 Å². The number of nitrogens with one attached hydrogen (secondary N) is 2. The van der Waals surface area contributed by atoms with E-state index in [-0.39, 0.29) is 6.79 Å². The molecule has 0 saturated carbocycles. The molecule has 2 aromatic carbocycles. The van der Waals surface area contributed by atoms with E-state index < -0.39 is 0 Å². The van der Waals surface area contributed by atoms with E-state index in [0.29, 0.717) is 5.11 Å². The monoisotopic (exact) mass is 374 g/mol. The zero-order valence-corrected chi connectivity index (χ0v) is 15.7. The summed E-state index contributed by atoms with van der Waals surface area (Å²) < 4.78 is 21.2. The number of rotatable bonds is 7. The third-order valence-corrected chi connectivity index (χ3v) is 4.25. The highest BCUT2D eigenvalue weighted by Crippen LogP contribution is 2.34. The van der Waals surface area contributed by atoms with Gasteiger partial charge in [0.1, 0.15) is 0 Å². The van der Waals surface area contributed by atoms with Crippen molar-refractivity contribution in [3.05, 3.63) is 42.0 Å². The van der Waals surface area contributed by atoms with Gasteiger partial charge in [-0.05, 0) is 54.9 Å². The van der Waals surface area contributed by atoms with Crippen molar-refractivity contribution in [1.29, 1.82) is 0 Å². The minimum absolute atomic E-state index is 0.262. The number of hydrogen-bond acceptors (Lipinski definition) is 5. The largest absolute Gasteiger partial charge is 0.493 e. The molecule has 0 bridgehead atoms. The quantitative estimate of drug-likeness (QED) is 0.569. The molecule has 0 radical (unpaired) electrons. The van der Waals surface area contributed by atoms with Crippen LogP contribution in [0.2, 0.25) is 0 Å². The van der Waals surface area contributed by atoms with Crippen LogP contribution in [0.3, 0.4) is 0 Å². The molecule has 1 heterocycles. The van der Waals surface area contributed by atoms with Crippen molar-refractivity contribution in [2.24, 2.45) is 0 Å². The summed E-state index contributed by atoms with van der Waals surface area (Å²) in [6.07, 6.45) is 1.86. The predicted molar refractivity (Wildman–Crippen MR) is 105 cm³/mol. The lowest BCUT2D eigenvalue weighted by molar-refractivity contribution is 0.174. The Morgan fingerprint density at radius 1 is 1.04 bits per heavy atom. The number of benzene rings is 2. The van der Waals surface area contributed by atoms with Gasteiger partial charge in [0.15, 0.2) is 28.1 Å². The molecule has 0 amide bonds. The Labute approximate surface area is 158 Å². The maximum atomic E-state index is 5.36. The fourth-order valence-electron chi connectivity index (χ4n) is 2.68. The third-order valence-electron chi connectivity index (χ3n) is 4.01. The van der Waals surface area contributed by atoms with Crippen LogP contribution in [-0.2, 0) is 6.42 Å². The SMILES string of the molecule is COc1ccc(CCCNC(=S)Nc2ccc3c(c2)OCO3)cc1OC. The highest BCUT2D eigenvalue weighted by Gasteiger charge is 2.13. The van der Waals surface area contributed by atoms with Crippen molar-refractivity contribution in [2.75, 3.05) is 32.9 Å². The molecule has 6 nitrogen and oxygen atoms in total. The minimum atomic E-state index is 0.262. The van der Waals surface area contributed by atoms with Gasteiger partial charge in [-0.2, -0.15) is 0 Å². The van der Waals surface area contributed by atoms with Gasteiger partial charge in [-0.3, -0.25) is 0 Å². The summed E-state index contributed by atoms with van der Waals surface area (Å²) in [5.41, 5.74) is 2.06. The molecule has 1 aliphatic heterocycles. The zero-order valence-electron chi connectivity index (χ0n) is 14.8. The van der Waals surface area contributed by atoms with Crippen LogP contribution in [-0.4, -0.2) is 32.7 Å². The molecule has 0 spiro atoms. The molecule has 0 fully saturated rings. The third kappa shape index (κ3) is 4.49. The molecule has 0 saturated heterocycles. The maximum Gasteiger partial charge on any atom is 0.231 e. The maximum absolute atomic E-state index is 5.36. The topological polar surface area (TPSA) is 61.0 Å². The van der Waals surface area contributed by atoms with Gasteiger partial charge >= 0.3 is 0 Å². The van der Waals surface area contributed by atoms with E-state index in [1.54, 1.807) is 14.2 Å². The van der Waals surface area contributed by atoms with Crippen LogP contribution in [0, 0.1) is 0 Å². The normalized spacial score (nSPS) is 11.8. The molecule has 26 heavy (non-hydrogen) atoms. The molecule has 0 aromatic heterocycles. The van der Waals surface area contributed by atoms with E-state index in [1.807, 2.05) is 36.4 Å². The Balaban J connectivity index is 1.43. The molecule has 0 atom stereocenters. The Hall–Kier alpha value is -2.67. The molecule has 2 N–H and O–H groups in total. The van der Waals surface area contributed by atoms with Crippen LogP contribution in [0.5, 0.6) is 23.0 Å². The molecule has 1 aliphatic rings. The second-order valence-electron chi connectivity index (χ2n) is 5.74. The second-order valence-corrected chi connectivity index (χ2v) is 6.15. The number of fused-ring (bicyclic) bond motifs is 1. The summed E-state index contributed by atoms with van der Waals surface area (Å²) in [6.45, 7) is 1.03. The molecule has 2 aromatic rings. The predicted octanol–water partition coefficient (Wildman–Crippen LogP) is 3.35. The van der Waals surface area contributed by atoms with Crippen molar-refractivity contribution in [3.8, 4) is 23.0 Å². The Morgan fingerprint density at radius 3 is 2.65 bits per heavy atom. The van der Waals surface area contributed by atoms with Crippen LogP contribution in [0.4, 0.5) is 5.69 Å². The number of aryl methyl sites for hydroxylation is 1. The van der Waals surface area contributed by atoms with Gasteiger partial charge in [-0.25, -0.2) is 0 Å². The zero-order chi connectivity index (χ0) is 18.4. The Bertz CT molecular complexity index is 782. The summed E-state index contributed by atoms with van der Waals surface area (Å²) in [5.74, 6) is 2.97. The summed E-state index contributed by atoms with van der Waals surface area (Å²) in [5, 5.41) is 6.94. The number of ether oxygens (including phenoxy) is 4. The van der Waals surface area contributed by atoms with Crippen LogP contribution in [0.25, 0.3) is 0 Å². The molecule has 3 rings (SSSR count). The van der Waals surface area contributed by atoms with Crippen LogP contribution >= 0.6 is 12.2 Å². The summed E-state index contributed by atoms with van der Waals surface area (Å²) in [7, 11) is 3.28. The molecular formula is C19H22N2O4S. The van der Waals surface area contributed by atoms with Crippen LogP contribution in [0.15, 0.2) is 36.4 Å². The van der Waals surface area contributed by atoms with Gasteiger partial charge in [0, 0.05) is 18.3 Å². The summed E-state index contributed by atoms with van der Waals surface area (Å²) in [4.78, 5) is 0. The van der Waals surface area contributed by atoms with E-state index in [1.165, 1.54) is 5.56 Å². The number of anilines is 1. The van der Waals surface area contributed by atoms with Crippen molar-refractivity contribution < 1.29 is 18.9 Å². The van der Waals surface area contributed by atoms with Crippen molar-refractivity contribution in [2.45, 2.75) is 12.8 Å². The van der Waals surface area contributed by atoms with Gasteiger partial charge in [-0.1, -0.05) is 6.07 Å². The van der Waals surface area contributed by atoms with Gasteiger partial charge in [-0.15, -0.1) is 0 Å². The Morgan fingerprint density at radius 2 is 1.85 bits per heavy atom. The Kier molecular flexibility index (Phi) is 6.01. The highest BCUT2D eigenvalue weighted by atomic mass is 32.1. The van der Waals surface area contributed by atoms with Crippen molar-refractivity contribution in [3.63, 3.8) is 0 Å². The molecule has 7 heteroatoms. The molecule has 0 aliphatic carbocycles. The lowest BCUT2D eigenvalue weighted by Gasteiger charge is -2.12. The molecular weight excluding hydrogens is 352 g/mol. The lowest BCUT2D eigenvalue weighted by Crippen LogP contribution is -2.29. The minimum Gasteiger partial charge on any atom is -0.493 e.